The maximum Gasteiger partial charge on any atom is 0.495 e. The molecule has 0 aliphatic carbocycles. The second-order valence-electron chi connectivity index (χ2n) is 22.7. The van der Waals surface area contributed by atoms with Crippen LogP contribution in [-0.4, -0.2) is 226 Å². The topological polar surface area (TPSA) is 159 Å². The first-order chi connectivity index (χ1) is 39.8. The quantitative estimate of drug-likeness (QED) is 0.139. The first-order valence-corrected chi connectivity index (χ1v) is 28.4. The summed E-state index contributed by atoms with van der Waals surface area (Å²) in [5.74, 6) is 0. The second kappa shape index (κ2) is 33.6. The summed E-state index contributed by atoms with van der Waals surface area (Å²) in [5, 5.41) is 15.6. The maximum absolute atomic E-state index is 6.97. The van der Waals surface area contributed by atoms with E-state index in [9.17, 15) is 0 Å². The third-order valence-electron chi connectivity index (χ3n) is 14.7. The number of rotatable bonds is 11. The Kier molecular flexibility index (Phi) is 30.0. The Bertz CT molecular complexity index is 2950. The van der Waals surface area contributed by atoms with Gasteiger partial charge in [0.15, 0.2) is 15.5 Å². The van der Waals surface area contributed by atoms with Crippen molar-refractivity contribution in [2.45, 2.75) is 117 Å². The van der Waals surface area contributed by atoms with Gasteiger partial charge in [0.1, 0.15) is 0 Å². The summed E-state index contributed by atoms with van der Waals surface area (Å²) in [6, 6.07) is 11.7. The van der Waals surface area contributed by atoms with E-state index in [-0.39, 0.29) is 33.6 Å². The maximum atomic E-state index is 6.97. The second-order valence-corrected chi connectivity index (χ2v) is 24.8. The molecular formula is C44H49B22BrCl3N10O6. The van der Waals surface area contributed by atoms with E-state index >= 15 is 0 Å². The highest BCUT2D eigenvalue weighted by atomic mass is 79.9. The van der Waals surface area contributed by atoms with Gasteiger partial charge in [0.25, 0.3) is 0 Å². The highest BCUT2D eigenvalue weighted by Crippen LogP contribution is 2.43. The van der Waals surface area contributed by atoms with E-state index in [0.29, 0.717) is 38.2 Å². The number of aromatic nitrogens is 7. The lowest BCUT2D eigenvalue weighted by atomic mass is 8.40. The normalized spacial score (nSPS) is 16.3. The smallest absolute Gasteiger partial charge is 0.405 e. The van der Waals surface area contributed by atoms with Gasteiger partial charge in [0.05, 0.1) is 59.0 Å². The van der Waals surface area contributed by atoms with Crippen molar-refractivity contribution in [2.75, 3.05) is 0 Å². The van der Waals surface area contributed by atoms with Gasteiger partial charge in [-0.25, -0.2) is 14.5 Å². The van der Waals surface area contributed by atoms with Crippen LogP contribution in [0.15, 0.2) is 84.1 Å². The lowest BCUT2D eigenvalue weighted by molar-refractivity contribution is 0.00578. The number of pyridine rings is 3. The Morgan fingerprint density at radius 3 is 1.13 bits per heavy atom. The van der Waals surface area contributed by atoms with Crippen molar-refractivity contribution in [3.8, 4) is 11.3 Å². The summed E-state index contributed by atoms with van der Waals surface area (Å²) >= 11 is 19.6. The van der Waals surface area contributed by atoms with Gasteiger partial charge in [-0.05, 0) is 125 Å². The molecule has 3 saturated heterocycles. The molecule has 0 spiro atoms. The van der Waals surface area contributed by atoms with Crippen molar-refractivity contribution in [2.24, 2.45) is 0 Å². The van der Waals surface area contributed by atoms with E-state index in [0.717, 1.165) is 15.5 Å². The van der Waals surface area contributed by atoms with E-state index in [4.69, 9.17) is 160 Å². The molecule has 16 nitrogen and oxygen atoms in total. The predicted molar refractivity (Wildman–Crippen MR) is 374 cm³/mol. The van der Waals surface area contributed by atoms with Crippen LogP contribution in [0.25, 0.3) is 25.8 Å². The average molecular weight is 1240 g/mol. The molecule has 5 aromatic heterocycles. The Hall–Kier alpha value is -3.38. The lowest BCUT2D eigenvalue weighted by Gasteiger charge is -2.41. The monoisotopic (exact) mass is 1240 g/mol. The number of hydrogen-bond donors (Lipinski definition) is 0. The fourth-order valence-corrected chi connectivity index (χ4v) is 8.57. The fourth-order valence-electron chi connectivity index (χ4n) is 7.91. The van der Waals surface area contributed by atoms with Crippen molar-refractivity contribution in [3.63, 3.8) is 0 Å². The van der Waals surface area contributed by atoms with Gasteiger partial charge < -0.3 is 27.9 Å². The third kappa shape index (κ3) is 22.2. The molecule has 0 aromatic carbocycles. The van der Waals surface area contributed by atoms with E-state index in [1.54, 1.807) is 61.1 Å². The predicted octanol–water partition coefficient (Wildman–Crippen LogP) is 3.87. The summed E-state index contributed by atoms with van der Waals surface area (Å²) in [7, 11) is 57.0. The average Bonchev–Trinajstić information content (AvgIpc) is 2.45. The molecule has 0 saturated carbocycles. The molecule has 0 atom stereocenters. The molecule has 86 heavy (non-hydrogen) atoms. The Morgan fingerprint density at radius 1 is 0.465 bits per heavy atom. The number of hydrogen-bond acceptors (Lipinski definition) is 13. The van der Waals surface area contributed by atoms with Crippen LogP contribution < -0.4 is 5.46 Å². The van der Waals surface area contributed by atoms with Gasteiger partial charge in [-0.15, -0.1) is 20.4 Å². The van der Waals surface area contributed by atoms with Crippen LogP contribution in [0.1, 0.15) is 83.1 Å². The summed E-state index contributed by atoms with van der Waals surface area (Å²) in [6.45, 7) is 44.6. The summed E-state index contributed by atoms with van der Waals surface area (Å²) in [5.41, 5.74) is 1.55. The molecule has 3 fully saturated rings. The Labute approximate surface area is 551 Å². The van der Waals surface area contributed by atoms with Crippen molar-refractivity contribution in [1.82, 2.24) is 35.3 Å². The highest BCUT2D eigenvalue weighted by Gasteiger charge is 2.64. The Balaban J connectivity index is 0.000000276. The summed E-state index contributed by atoms with van der Waals surface area (Å²) in [6.07, 6.45) is 3.79. The SMILES string of the molecule is CC1(C)OB(B2OC(C)(C)C(C)(C)O2)OC1(C)C.Clc1ccc(Cl)nn1.[B][B]B([B])B(B(B([B])[B])B([B])[B])B(B([B])[B])B([B])[B].[C-]#[N+]c1cncc(-c2ccc(Cl)nn2)c1.[C-]#[N+]c1cncc(B2OC(C)(C)C(C)(C)O2)c1.[C-]#[N+]c1cncc(Br)c1. The third-order valence-corrected chi connectivity index (χ3v) is 15.7. The van der Waals surface area contributed by atoms with Gasteiger partial charge in [0, 0.05) is 183 Å². The van der Waals surface area contributed by atoms with Crippen molar-refractivity contribution in [1.29, 1.82) is 0 Å². The van der Waals surface area contributed by atoms with Gasteiger partial charge in [-0.1, -0.05) is 56.8 Å². The van der Waals surface area contributed by atoms with Crippen LogP contribution in [0.5, 0.6) is 0 Å². The minimum Gasteiger partial charge on any atom is -0.405 e. The summed E-state index contributed by atoms with van der Waals surface area (Å²) in [4.78, 5) is 21.6. The van der Waals surface area contributed by atoms with Crippen LogP contribution in [0, 0.1) is 19.7 Å². The first-order valence-electron chi connectivity index (χ1n) is 26.5. The van der Waals surface area contributed by atoms with E-state index < -0.39 is 72.2 Å². The number of halogens is 4. The molecule has 0 unspecified atom stereocenters. The van der Waals surface area contributed by atoms with E-state index in [2.05, 4.69) is 65.8 Å². The standard InChI is InChI=1S/C12H24B2O4.C12H15BN2O2.C10H5ClN4.C6H3BrN2.C4H2Cl2N2.B19/c1-9(2)10(3,4)16-13(15-9)14-17-11(5,6)12(7,8)18-14;1-11(2)12(3,4)17-13(16-11)9-6-10(14-5)8-15-7-9;1-12-8-4-7(5-13-6-8)9-2-3-10(11)15-14-9;1-8-6-2-5(7)3-9-4-6;5-3-1-2-4(6)8-7-3;1-11-16(10)19(17(12(2)3)13(4)5)18(14(6)7)15(8)9/h1-8H3;6-8H,1-4H3;2-6H;2-4H;1-2H;. The fraction of sp³-hybridized carbons (Fsp3) is 0.409. The van der Waals surface area contributed by atoms with Crippen LogP contribution in [0.2, 0.25) is 15.5 Å². The Morgan fingerprint density at radius 2 is 0.802 bits per heavy atom. The van der Waals surface area contributed by atoms with Crippen LogP contribution in [0.3, 0.4) is 0 Å². The van der Waals surface area contributed by atoms with Crippen LogP contribution >= 0.6 is 50.7 Å². The van der Waals surface area contributed by atoms with E-state index in [1.165, 1.54) is 25.7 Å². The van der Waals surface area contributed by atoms with Crippen LogP contribution in [-0.2, 0) is 27.9 Å². The lowest BCUT2D eigenvalue weighted by Crippen LogP contribution is -2.79. The molecule has 0 bridgehead atoms. The zero-order valence-electron chi connectivity index (χ0n) is 50.1. The van der Waals surface area contributed by atoms with Gasteiger partial charge in [-0.3, -0.25) is 15.0 Å². The minimum atomic E-state index is -0.837. The van der Waals surface area contributed by atoms with Gasteiger partial charge >= 0.3 is 21.1 Å². The molecule has 3 aliphatic rings. The van der Waals surface area contributed by atoms with Crippen molar-refractivity contribution >= 4 is 230 Å². The molecule has 5 aromatic rings. The molecule has 0 N–H and O–H groups in total. The zero-order chi connectivity index (χ0) is 65.3. The molecular weight excluding hydrogens is 1190 g/mol. The summed E-state index contributed by atoms with van der Waals surface area (Å²) < 4.78 is 36.5. The molecule has 0 amide bonds. The first kappa shape index (κ1) is 76.9. The largest absolute Gasteiger partial charge is 0.495 e. The zero-order valence-corrected chi connectivity index (χ0v) is 54.0. The van der Waals surface area contributed by atoms with Crippen molar-refractivity contribution in [3.05, 3.63) is 134 Å². The molecule has 21 radical (unpaired) electrons. The van der Waals surface area contributed by atoms with Crippen LogP contribution in [0.4, 0.5) is 17.1 Å². The van der Waals surface area contributed by atoms with E-state index in [1.807, 2.05) is 83.1 Å². The molecule has 42 heteroatoms. The number of nitrogens with zero attached hydrogens (tertiary/aromatic N) is 10. The molecule has 405 valence electrons. The minimum absolute atomic E-state index is 0.341. The highest BCUT2D eigenvalue weighted by molar-refractivity contribution is 9.10. The molecule has 3 aliphatic heterocycles. The van der Waals surface area contributed by atoms with Crippen molar-refractivity contribution < 1.29 is 27.9 Å². The molecule has 8 rings (SSSR count). The van der Waals surface area contributed by atoms with Gasteiger partial charge in [0.2, 0.25) is 17.1 Å². The van der Waals surface area contributed by atoms with Gasteiger partial charge in [-0.2, -0.15) is 0 Å². The molecule has 8 heterocycles.